The average Bonchev–Trinajstić information content (AvgIpc) is 2.42. The van der Waals surface area contributed by atoms with E-state index in [1.807, 2.05) is 13.2 Å². The maximum atomic E-state index is 11.6. The van der Waals surface area contributed by atoms with Gasteiger partial charge in [0.2, 0.25) is 0 Å². The number of rotatable bonds is 5. The molecule has 1 aromatic heterocycles. The molecule has 0 spiro atoms. The highest BCUT2D eigenvalue weighted by atomic mass is 35.5. The minimum absolute atomic E-state index is 0.224. The van der Waals surface area contributed by atoms with Gasteiger partial charge in [0.25, 0.3) is 0 Å². The molecule has 0 saturated carbocycles. The summed E-state index contributed by atoms with van der Waals surface area (Å²) in [5.41, 5.74) is 1.71. The summed E-state index contributed by atoms with van der Waals surface area (Å²) in [7, 11) is 1.78. The maximum absolute atomic E-state index is 11.6. The molecule has 0 bridgehead atoms. The SMILES string of the molecule is CSCCC(=O)Cc1c(C)nn(C)c1Cl. The van der Waals surface area contributed by atoms with E-state index in [9.17, 15) is 4.79 Å². The number of thioether (sulfide) groups is 1. The second kappa shape index (κ2) is 5.56. The Morgan fingerprint density at radius 2 is 2.27 bits per heavy atom. The number of carbonyl (C=O) groups excluding carboxylic acids is 1. The van der Waals surface area contributed by atoms with E-state index < -0.39 is 0 Å². The van der Waals surface area contributed by atoms with Crippen molar-refractivity contribution in [2.24, 2.45) is 7.05 Å². The van der Waals surface area contributed by atoms with Crippen molar-refractivity contribution < 1.29 is 4.79 Å². The molecule has 1 heterocycles. The van der Waals surface area contributed by atoms with Crippen LogP contribution in [0.5, 0.6) is 0 Å². The van der Waals surface area contributed by atoms with E-state index in [0.29, 0.717) is 18.0 Å². The summed E-state index contributed by atoms with van der Waals surface area (Å²) in [5.74, 6) is 1.10. The van der Waals surface area contributed by atoms with Gasteiger partial charge >= 0.3 is 0 Å². The largest absolute Gasteiger partial charge is 0.299 e. The van der Waals surface area contributed by atoms with Crippen LogP contribution in [0.4, 0.5) is 0 Å². The van der Waals surface area contributed by atoms with Gasteiger partial charge in [0.1, 0.15) is 10.9 Å². The van der Waals surface area contributed by atoms with Gasteiger partial charge in [0.05, 0.1) is 5.69 Å². The average molecular weight is 247 g/mol. The quantitative estimate of drug-likeness (QED) is 0.799. The predicted molar refractivity (Wildman–Crippen MR) is 64.7 cm³/mol. The molecule has 0 radical (unpaired) electrons. The number of Topliss-reactive ketones (excluding diaryl/α,β-unsaturated/α-hetero) is 1. The van der Waals surface area contributed by atoms with Gasteiger partial charge in [-0.25, -0.2) is 0 Å². The summed E-state index contributed by atoms with van der Waals surface area (Å²) < 4.78 is 1.61. The number of aryl methyl sites for hydroxylation is 2. The van der Waals surface area contributed by atoms with E-state index in [4.69, 9.17) is 11.6 Å². The van der Waals surface area contributed by atoms with Crippen LogP contribution < -0.4 is 0 Å². The van der Waals surface area contributed by atoms with Crippen molar-refractivity contribution in [3.8, 4) is 0 Å². The van der Waals surface area contributed by atoms with Crippen LogP contribution in [-0.2, 0) is 18.3 Å². The lowest BCUT2D eigenvalue weighted by Crippen LogP contribution is -2.04. The van der Waals surface area contributed by atoms with Crippen molar-refractivity contribution in [2.45, 2.75) is 19.8 Å². The number of hydrogen-bond acceptors (Lipinski definition) is 3. The standard InChI is InChI=1S/C10H15ClN2OS/c1-7-9(10(11)13(2)12-7)6-8(14)4-5-15-3/h4-6H2,1-3H3. The van der Waals surface area contributed by atoms with E-state index in [0.717, 1.165) is 17.0 Å². The van der Waals surface area contributed by atoms with E-state index in [-0.39, 0.29) is 5.78 Å². The van der Waals surface area contributed by atoms with Crippen molar-refractivity contribution in [3.05, 3.63) is 16.4 Å². The van der Waals surface area contributed by atoms with Gasteiger partial charge < -0.3 is 0 Å². The molecule has 84 valence electrons. The number of ketones is 1. The second-order valence-corrected chi connectivity index (χ2v) is 4.78. The first-order valence-corrected chi connectivity index (χ1v) is 6.52. The molecule has 0 aromatic carbocycles. The molecule has 0 saturated heterocycles. The third-order valence-electron chi connectivity index (χ3n) is 2.23. The summed E-state index contributed by atoms with van der Waals surface area (Å²) in [6, 6.07) is 0. The van der Waals surface area contributed by atoms with Crippen LogP contribution >= 0.6 is 23.4 Å². The van der Waals surface area contributed by atoms with E-state index in [2.05, 4.69) is 5.10 Å². The zero-order valence-corrected chi connectivity index (χ0v) is 10.8. The summed E-state index contributed by atoms with van der Waals surface area (Å²) in [6.07, 6.45) is 3.00. The van der Waals surface area contributed by atoms with E-state index in [1.54, 1.807) is 23.5 Å². The molecule has 0 aliphatic rings. The number of aromatic nitrogens is 2. The van der Waals surface area contributed by atoms with Crippen molar-refractivity contribution in [1.82, 2.24) is 9.78 Å². The van der Waals surface area contributed by atoms with Crippen LogP contribution in [0, 0.1) is 6.92 Å². The predicted octanol–water partition coefficient (Wildman–Crippen LogP) is 2.25. The minimum atomic E-state index is 0.224. The minimum Gasteiger partial charge on any atom is -0.299 e. The highest BCUT2D eigenvalue weighted by Gasteiger charge is 2.14. The van der Waals surface area contributed by atoms with Gasteiger partial charge in [-0.1, -0.05) is 11.6 Å². The monoisotopic (exact) mass is 246 g/mol. The van der Waals surface area contributed by atoms with Crippen molar-refractivity contribution >= 4 is 29.1 Å². The molecule has 0 amide bonds. The molecular weight excluding hydrogens is 232 g/mol. The maximum Gasteiger partial charge on any atom is 0.138 e. The summed E-state index contributed by atoms with van der Waals surface area (Å²) in [4.78, 5) is 11.6. The lowest BCUT2D eigenvalue weighted by atomic mass is 10.1. The third-order valence-corrected chi connectivity index (χ3v) is 3.31. The molecule has 0 aliphatic carbocycles. The Morgan fingerprint density at radius 3 is 2.73 bits per heavy atom. The van der Waals surface area contributed by atoms with Crippen LogP contribution in [0.2, 0.25) is 5.15 Å². The first-order chi connectivity index (χ1) is 7.06. The molecule has 1 rings (SSSR count). The van der Waals surface area contributed by atoms with Gasteiger partial charge in [0.15, 0.2) is 0 Å². The molecule has 0 unspecified atom stereocenters. The molecule has 0 N–H and O–H groups in total. The molecule has 0 fully saturated rings. The zero-order valence-electron chi connectivity index (χ0n) is 9.21. The first-order valence-electron chi connectivity index (χ1n) is 4.75. The lowest BCUT2D eigenvalue weighted by Gasteiger charge is -1.99. The Bertz CT molecular complexity index is 363. The highest BCUT2D eigenvalue weighted by molar-refractivity contribution is 7.98. The Hall–Kier alpha value is -0.480. The Kier molecular flexibility index (Phi) is 4.67. The van der Waals surface area contributed by atoms with Crippen LogP contribution in [0.3, 0.4) is 0 Å². The van der Waals surface area contributed by atoms with Gasteiger partial charge in [-0.3, -0.25) is 9.48 Å². The first kappa shape index (κ1) is 12.6. The molecule has 0 atom stereocenters. The molecule has 3 nitrogen and oxygen atoms in total. The Balaban J connectivity index is 2.68. The van der Waals surface area contributed by atoms with E-state index >= 15 is 0 Å². The Morgan fingerprint density at radius 1 is 1.60 bits per heavy atom. The van der Waals surface area contributed by atoms with Crippen molar-refractivity contribution in [2.75, 3.05) is 12.0 Å². The van der Waals surface area contributed by atoms with Gasteiger partial charge in [0, 0.05) is 25.5 Å². The molecular formula is C10H15ClN2OS. The smallest absolute Gasteiger partial charge is 0.138 e. The Labute approximate surface area is 99.2 Å². The van der Waals surface area contributed by atoms with Gasteiger partial charge in [-0.2, -0.15) is 16.9 Å². The number of nitrogens with zero attached hydrogens (tertiary/aromatic N) is 2. The third kappa shape index (κ3) is 3.24. The summed E-state index contributed by atoms with van der Waals surface area (Å²) in [6.45, 7) is 1.88. The normalized spacial score (nSPS) is 10.7. The van der Waals surface area contributed by atoms with Gasteiger partial charge in [-0.15, -0.1) is 0 Å². The van der Waals surface area contributed by atoms with Crippen molar-refractivity contribution in [1.29, 1.82) is 0 Å². The van der Waals surface area contributed by atoms with Gasteiger partial charge in [-0.05, 0) is 18.9 Å². The number of hydrogen-bond donors (Lipinski definition) is 0. The molecule has 0 aliphatic heterocycles. The molecule has 1 aromatic rings. The second-order valence-electron chi connectivity index (χ2n) is 3.44. The van der Waals surface area contributed by atoms with E-state index in [1.165, 1.54) is 0 Å². The van der Waals surface area contributed by atoms with Crippen LogP contribution in [0.15, 0.2) is 0 Å². The fraction of sp³-hybridized carbons (Fsp3) is 0.600. The zero-order chi connectivity index (χ0) is 11.4. The summed E-state index contributed by atoms with van der Waals surface area (Å²) in [5, 5.41) is 4.75. The topological polar surface area (TPSA) is 34.9 Å². The van der Waals surface area contributed by atoms with Crippen LogP contribution in [0.1, 0.15) is 17.7 Å². The fourth-order valence-electron chi connectivity index (χ4n) is 1.38. The summed E-state index contributed by atoms with van der Waals surface area (Å²) >= 11 is 7.71. The number of halogens is 1. The fourth-order valence-corrected chi connectivity index (χ4v) is 2.05. The lowest BCUT2D eigenvalue weighted by molar-refractivity contribution is -0.118. The number of carbonyl (C=O) groups is 1. The van der Waals surface area contributed by atoms with Crippen LogP contribution in [-0.4, -0.2) is 27.6 Å². The van der Waals surface area contributed by atoms with Crippen LogP contribution in [0.25, 0.3) is 0 Å². The highest BCUT2D eigenvalue weighted by Crippen LogP contribution is 2.19. The molecule has 15 heavy (non-hydrogen) atoms. The van der Waals surface area contributed by atoms with Crippen molar-refractivity contribution in [3.63, 3.8) is 0 Å². The molecule has 5 heteroatoms.